The minimum atomic E-state index is -0.804. The zero-order valence-corrected chi connectivity index (χ0v) is 12.8. The molecule has 0 spiro atoms. The molecule has 0 aromatic carbocycles. The molecule has 1 amide bonds. The number of amides is 1. The smallest absolute Gasteiger partial charge is 0.320 e. The van der Waals surface area contributed by atoms with Crippen LogP contribution in [0.25, 0.3) is 0 Å². The van der Waals surface area contributed by atoms with Gasteiger partial charge in [-0.25, -0.2) is 0 Å². The van der Waals surface area contributed by atoms with Crippen LogP contribution in [0.4, 0.5) is 0 Å². The lowest BCUT2D eigenvalue weighted by molar-refractivity contribution is -0.142. The molecule has 3 rings (SSSR count). The fourth-order valence-corrected chi connectivity index (χ4v) is 4.79. The Hall–Kier alpha value is -1.10. The predicted octanol–water partition coefficient (Wildman–Crippen LogP) is 1.48. The van der Waals surface area contributed by atoms with Crippen molar-refractivity contribution in [3.05, 3.63) is 0 Å². The minimum absolute atomic E-state index is 0.0153. The number of aliphatic carboxylic acids is 1. The quantitative estimate of drug-likeness (QED) is 0.806. The summed E-state index contributed by atoms with van der Waals surface area (Å²) < 4.78 is 0. The van der Waals surface area contributed by atoms with Crippen molar-refractivity contribution < 1.29 is 14.7 Å². The first-order valence-electron chi connectivity index (χ1n) is 8.31. The van der Waals surface area contributed by atoms with Gasteiger partial charge in [0.25, 0.3) is 0 Å². The molecule has 3 aliphatic rings. The molecule has 118 valence electrons. The van der Waals surface area contributed by atoms with Crippen molar-refractivity contribution in [2.45, 2.75) is 57.5 Å². The molecule has 1 saturated heterocycles. The van der Waals surface area contributed by atoms with Crippen molar-refractivity contribution in [2.75, 3.05) is 13.1 Å². The largest absolute Gasteiger partial charge is 0.480 e. The number of carbonyl (C=O) groups excluding carboxylic acids is 1. The number of rotatable bonds is 5. The van der Waals surface area contributed by atoms with Crippen LogP contribution in [0.15, 0.2) is 0 Å². The molecule has 5 atom stereocenters. The highest BCUT2D eigenvalue weighted by Crippen LogP contribution is 2.49. The Balaban J connectivity index is 1.49. The molecule has 0 aromatic rings. The van der Waals surface area contributed by atoms with Crippen molar-refractivity contribution in [1.82, 2.24) is 10.2 Å². The van der Waals surface area contributed by atoms with E-state index in [2.05, 4.69) is 12.2 Å². The second-order valence-corrected chi connectivity index (χ2v) is 7.16. The fourth-order valence-electron chi connectivity index (χ4n) is 4.79. The molecular weight excluding hydrogens is 268 g/mol. The third kappa shape index (κ3) is 3.07. The summed E-state index contributed by atoms with van der Waals surface area (Å²) in [5.41, 5.74) is 0. The van der Waals surface area contributed by atoms with Gasteiger partial charge < -0.3 is 10.4 Å². The predicted molar refractivity (Wildman–Crippen MR) is 78.8 cm³/mol. The molecule has 5 nitrogen and oxygen atoms in total. The number of carboxylic acid groups (broad SMARTS) is 1. The van der Waals surface area contributed by atoms with Gasteiger partial charge in [-0.05, 0) is 63.3 Å². The lowest BCUT2D eigenvalue weighted by Gasteiger charge is -2.29. The molecule has 0 radical (unpaired) electrons. The Morgan fingerprint density at radius 1 is 1.29 bits per heavy atom. The van der Waals surface area contributed by atoms with Gasteiger partial charge in [0.05, 0.1) is 6.54 Å². The monoisotopic (exact) mass is 294 g/mol. The number of carboxylic acids is 1. The molecule has 2 saturated carbocycles. The second kappa shape index (κ2) is 5.95. The van der Waals surface area contributed by atoms with Gasteiger partial charge in [-0.15, -0.1) is 0 Å². The summed E-state index contributed by atoms with van der Waals surface area (Å²) in [5.74, 6) is 1.49. The number of nitrogens with one attached hydrogen (secondary N) is 1. The van der Waals surface area contributed by atoms with Gasteiger partial charge in [-0.3, -0.25) is 14.5 Å². The third-order valence-electron chi connectivity index (χ3n) is 5.82. The van der Waals surface area contributed by atoms with Crippen LogP contribution < -0.4 is 5.32 Å². The first kappa shape index (κ1) is 14.8. The van der Waals surface area contributed by atoms with Crippen molar-refractivity contribution in [1.29, 1.82) is 0 Å². The number of fused-ring (bicyclic) bond motifs is 2. The Morgan fingerprint density at radius 3 is 2.71 bits per heavy atom. The summed E-state index contributed by atoms with van der Waals surface area (Å²) in [6.07, 6.45) is 6.82. The van der Waals surface area contributed by atoms with Crippen LogP contribution in [0, 0.1) is 17.8 Å². The number of likely N-dealkylation sites (tertiary alicyclic amines) is 1. The van der Waals surface area contributed by atoms with Gasteiger partial charge in [-0.1, -0.05) is 6.42 Å². The molecule has 1 aliphatic heterocycles. The van der Waals surface area contributed by atoms with Crippen LogP contribution in [0.1, 0.15) is 45.4 Å². The van der Waals surface area contributed by atoms with Crippen LogP contribution in [-0.2, 0) is 9.59 Å². The van der Waals surface area contributed by atoms with E-state index in [4.69, 9.17) is 5.11 Å². The molecular formula is C16H26N2O3. The fraction of sp³-hybridized carbons (Fsp3) is 0.875. The van der Waals surface area contributed by atoms with E-state index in [-0.39, 0.29) is 18.5 Å². The first-order valence-corrected chi connectivity index (χ1v) is 8.31. The van der Waals surface area contributed by atoms with Crippen molar-refractivity contribution in [3.8, 4) is 0 Å². The van der Waals surface area contributed by atoms with Gasteiger partial charge in [0.1, 0.15) is 6.04 Å². The Labute approximate surface area is 126 Å². The van der Waals surface area contributed by atoms with Crippen LogP contribution in [0.5, 0.6) is 0 Å². The number of hydrogen-bond donors (Lipinski definition) is 2. The number of carbonyl (C=O) groups is 2. The molecule has 2 N–H and O–H groups in total. The molecule has 2 bridgehead atoms. The summed E-state index contributed by atoms with van der Waals surface area (Å²) in [5, 5.41) is 12.3. The highest BCUT2D eigenvalue weighted by Gasteiger charge is 2.42. The zero-order chi connectivity index (χ0) is 15.0. The third-order valence-corrected chi connectivity index (χ3v) is 5.82. The summed E-state index contributed by atoms with van der Waals surface area (Å²) >= 11 is 0. The van der Waals surface area contributed by atoms with Crippen molar-refractivity contribution >= 4 is 11.9 Å². The Bertz CT molecular complexity index is 426. The molecule has 5 heteroatoms. The van der Waals surface area contributed by atoms with E-state index in [1.165, 1.54) is 25.7 Å². The highest BCUT2D eigenvalue weighted by atomic mass is 16.4. The molecule has 3 fully saturated rings. The van der Waals surface area contributed by atoms with Crippen molar-refractivity contribution in [2.24, 2.45) is 17.8 Å². The van der Waals surface area contributed by atoms with E-state index in [1.54, 1.807) is 4.90 Å². The van der Waals surface area contributed by atoms with Gasteiger partial charge in [-0.2, -0.15) is 0 Å². The molecule has 2 aliphatic carbocycles. The van der Waals surface area contributed by atoms with E-state index < -0.39 is 12.0 Å². The minimum Gasteiger partial charge on any atom is -0.480 e. The molecule has 21 heavy (non-hydrogen) atoms. The van der Waals surface area contributed by atoms with E-state index in [0.717, 1.165) is 18.3 Å². The van der Waals surface area contributed by atoms with E-state index in [1.807, 2.05) is 0 Å². The number of nitrogens with zero attached hydrogens (tertiary/aromatic N) is 1. The average molecular weight is 294 g/mol. The first-order chi connectivity index (χ1) is 10.0. The Morgan fingerprint density at radius 2 is 2.10 bits per heavy atom. The lowest BCUT2D eigenvalue weighted by atomic mass is 9.84. The van der Waals surface area contributed by atoms with Crippen molar-refractivity contribution in [3.63, 3.8) is 0 Å². The van der Waals surface area contributed by atoms with Gasteiger partial charge in [0, 0.05) is 6.04 Å². The van der Waals surface area contributed by atoms with Gasteiger partial charge in [0.15, 0.2) is 0 Å². The number of hydrogen-bond acceptors (Lipinski definition) is 3. The normalized spacial score (nSPS) is 36.8. The van der Waals surface area contributed by atoms with E-state index in [0.29, 0.717) is 18.9 Å². The van der Waals surface area contributed by atoms with Gasteiger partial charge in [0.2, 0.25) is 5.91 Å². The van der Waals surface area contributed by atoms with Crippen LogP contribution >= 0.6 is 0 Å². The molecule has 4 unspecified atom stereocenters. The maximum Gasteiger partial charge on any atom is 0.320 e. The van der Waals surface area contributed by atoms with E-state index in [9.17, 15) is 9.59 Å². The molecule has 1 heterocycles. The van der Waals surface area contributed by atoms with Gasteiger partial charge >= 0.3 is 5.97 Å². The summed E-state index contributed by atoms with van der Waals surface area (Å²) in [4.78, 5) is 25.1. The maximum absolute atomic E-state index is 12.2. The summed E-state index contributed by atoms with van der Waals surface area (Å²) in [6.45, 7) is 3.05. The topological polar surface area (TPSA) is 69.6 Å². The average Bonchev–Trinajstić information content (AvgIpc) is 3.13. The molecule has 0 aromatic heterocycles. The summed E-state index contributed by atoms with van der Waals surface area (Å²) in [6, 6.07) is -0.257. The standard InChI is InChI=1S/C16H26N2O3/c1-10(13-8-11-4-5-12(13)7-11)17-15(19)9-18-6-2-3-14(18)16(20)21/h10-14H,2-9H2,1H3,(H,17,19)(H,20,21)/t10?,11?,12?,13?,14-/m0/s1. The zero-order valence-electron chi connectivity index (χ0n) is 12.8. The second-order valence-electron chi connectivity index (χ2n) is 7.16. The Kier molecular flexibility index (Phi) is 4.20. The SMILES string of the molecule is CC(NC(=O)CN1CCC[C@H]1C(=O)O)C1CC2CCC1C2. The lowest BCUT2D eigenvalue weighted by Crippen LogP contribution is -2.47. The van der Waals surface area contributed by atoms with E-state index >= 15 is 0 Å². The summed E-state index contributed by atoms with van der Waals surface area (Å²) in [7, 11) is 0. The van der Waals surface area contributed by atoms with Crippen LogP contribution in [0.2, 0.25) is 0 Å². The maximum atomic E-state index is 12.2. The highest BCUT2D eigenvalue weighted by molar-refractivity contribution is 5.80. The van der Waals surface area contributed by atoms with Crippen LogP contribution in [0.3, 0.4) is 0 Å². The van der Waals surface area contributed by atoms with Crippen LogP contribution in [-0.4, -0.2) is 47.1 Å².